The number of aromatic hydroxyl groups is 1. The summed E-state index contributed by atoms with van der Waals surface area (Å²) in [5, 5.41) is 11.5. The lowest BCUT2D eigenvalue weighted by molar-refractivity contribution is 0.412. The van der Waals surface area contributed by atoms with Crippen LogP contribution in [0.15, 0.2) is 28.1 Å². The van der Waals surface area contributed by atoms with Gasteiger partial charge in [0.15, 0.2) is 0 Å². The minimum absolute atomic E-state index is 0.0574. The van der Waals surface area contributed by atoms with Crippen LogP contribution in [0.5, 0.6) is 11.6 Å². The molecule has 3 nitrogen and oxygen atoms in total. The fraction of sp³-hybridized carbons (Fsp3) is 0.100. The van der Waals surface area contributed by atoms with E-state index in [0.717, 1.165) is 20.8 Å². The van der Waals surface area contributed by atoms with E-state index in [1.807, 2.05) is 18.2 Å². The van der Waals surface area contributed by atoms with Gasteiger partial charge in [-0.15, -0.1) is 11.3 Å². The van der Waals surface area contributed by atoms with Crippen LogP contribution in [0.25, 0.3) is 10.6 Å². The van der Waals surface area contributed by atoms with Crippen molar-refractivity contribution in [1.82, 2.24) is 4.98 Å². The van der Waals surface area contributed by atoms with Crippen molar-refractivity contribution in [2.45, 2.75) is 0 Å². The molecule has 0 bridgehead atoms. The molecule has 0 aliphatic heterocycles. The Kier molecular flexibility index (Phi) is 2.93. The number of rotatable bonds is 2. The molecule has 0 saturated heterocycles. The lowest BCUT2D eigenvalue weighted by Crippen LogP contribution is -1.84. The summed E-state index contributed by atoms with van der Waals surface area (Å²) in [7, 11) is 1.62. The molecule has 0 aliphatic carbocycles. The monoisotopic (exact) mass is 285 g/mol. The molecule has 0 unspecified atom stereocenters. The first-order valence-corrected chi connectivity index (χ1v) is 5.86. The zero-order valence-electron chi connectivity index (χ0n) is 7.90. The highest BCUT2D eigenvalue weighted by Gasteiger charge is 2.06. The standard InChI is InChI=1S/C10H8BrNO2S/c1-14-8-3-2-6(4-7(8)11)10-12-9(13)5-15-10/h2-5,13H,1H3. The quantitative estimate of drug-likeness (QED) is 0.921. The summed E-state index contributed by atoms with van der Waals surface area (Å²) in [6.45, 7) is 0. The predicted octanol–water partition coefficient (Wildman–Crippen LogP) is 3.29. The van der Waals surface area contributed by atoms with Gasteiger partial charge in [-0.2, -0.15) is 0 Å². The number of methoxy groups -OCH3 is 1. The third kappa shape index (κ3) is 2.13. The smallest absolute Gasteiger partial charge is 0.222 e. The van der Waals surface area contributed by atoms with Crippen molar-refractivity contribution in [3.8, 4) is 22.2 Å². The first-order chi connectivity index (χ1) is 7.20. The number of thiazole rings is 1. The molecule has 0 radical (unpaired) electrons. The molecule has 2 aromatic rings. The molecule has 1 heterocycles. The Bertz CT molecular complexity index is 484. The Morgan fingerprint density at radius 2 is 2.27 bits per heavy atom. The first-order valence-electron chi connectivity index (χ1n) is 4.19. The Labute approximate surface area is 99.5 Å². The highest BCUT2D eigenvalue weighted by atomic mass is 79.9. The summed E-state index contributed by atoms with van der Waals surface area (Å²) in [6, 6.07) is 5.68. The highest BCUT2D eigenvalue weighted by Crippen LogP contribution is 2.32. The number of hydrogen-bond acceptors (Lipinski definition) is 4. The van der Waals surface area contributed by atoms with E-state index < -0.39 is 0 Å². The molecule has 0 fully saturated rings. The van der Waals surface area contributed by atoms with Crippen molar-refractivity contribution in [3.63, 3.8) is 0 Å². The van der Waals surface area contributed by atoms with Crippen LogP contribution in [0, 0.1) is 0 Å². The van der Waals surface area contributed by atoms with Gasteiger partial charge in [-0.3, -0.25) is 0 Å². The second-order valence-electron chi connectivity index (χ2n) is 2.86. The van der Waals surface area contributed by atoms with Gasteiger partial charge in [-0.1, -0.05) is 0 Å². The number of halogens is 1. The predicted molar refractivity (Wildman–Crippen MR) is 63.5 cm³/mol. The van der Waals surface area contributed by atoms with Gasteiger partial charge in [0, 0.05) is 5.56 Å². The van der Waals surface area contributed by atoms with Gasteiger partial charge >= 0.3 is 0 Å². The van der Waals surface area contributed by atoms with Crippen LogP contribution in [0.4, 0.5) is 0 Å². The van der Waals surface area contributed by atoms with Gasteiger partial charge in [-0.25, -0.2) is 4.98 Å². The van der Waals surface area contributed by atoms with Crippen molar-refractivity contribution in [2.75, 3.05) is 7.11 Å². The Morgan fingerprint density at radius 1 is 1.47 bits per heavy atom. The maximum absolute atomic E-state index is 9.15. The molecule has 0 aliphatic rings. The summed E-state index contributed by atoms with van der Waals surface area (Å²) in [5.74, 6) is 0.835. The van der Waals surface area contributed by atoms with Crippen LogP contribution < -0.4 is 4.74 Å². The van der Waals surface area contributed by atoms with Gasteiger partial charge in [0.25, 0.3) is 0 Å². The normalized spacial score (nSPS) is 10.3. The Morgan fingerprint density at radius 3 is 2.80 bits per heavy atom. The second kappa shape index (κ2) is 4.20. The van der Waals surface area contributed by atoms with Crippen LogP contribution in [0.2, 0.25) is 0 Å². The van der Waals surface area contributed by atoms with E-state index in [1.165, 1.54) is 11.3 Å². The first kappa shape index (κ1) is 10.4. The van der Waals surface area contributed by atoms with E-state index in [2.05, 4.69) is 20.9 Å². The lowest BCUT2D eigenvalue weighted by atomic mass is 10.2. The molecule has 1 aromatic heterocycles. The SMILES string of the molecule is COc1ccc(-c2nc(O)cs2)cc1Br. The van der Waals surface area contributed by atoms with E-state index in [4.69, 9.17) is 9.84 Å². The molecular formula is C10H8BrNO2S. The molecule has 1 N–H and O–H groups in total. The summed E-state index contributed by atoms with van der Waals surface area (Å²) >= 11 is 4.80. The molecule has 78 valence electrons. The zero-order valence-corrected chi connectivity index (χ0v) is 10.3. The second-order valence-corrected chi connectivity index (χ2v) is 4.57. The average Bonchev–Trinajstić information content (AvgIpc) is 2.65. The topological polar surface area (TPSA) is 42.4 Å². The number of ether oxygens (including phenoxy) is 1. The van der Waals surface area contributed by atoms with E-state index >= 15 is 0 Å². The zero-order chi connectivity index (χ0) is 10.8. The highest BCUT2D eigenvalue weighted by molar-refractivity contribution is 9.10. The van der Waals surface area contributed by atoms with Crippen molar-refractivity contribution in [1.29, 1.82) is 0 Å². The van der Waals surface area contributed by atoms with Gasteiger partial charge in [0.1, 0.15) is 10.8 Å². The van der Waals surface area contributed by atoms with Crippen LogP contribution in [-0.2, 0) is 0 Å². The molecule has 5 heteroatoms. The van der Waals surface area contributed by atoms with Crippen LogP contribution in [0.1, 0.15) is 0 Å². The number of benzene rings is 1. The van der Waals surface area contributed by atoms with Gasteiger partial charge < -0.3 is 9.84 Å². The summed E-state index contributed by atoms with van der Waals surface area (Å²) in [6.07, 6.45) is 0. The minimum Gasteiger partial charge on any atom is -0.496 e. The van der Waals surface area contributed by atoms with Gasteiger partial charge in [0.05, 0.1) is 17.0 Å². The van der Waals surface area contributed by atoms with Crippen LogP contribution in [0.3, 0.4) is 0 Å². The number of aromatic nitrogens is 1. The Balaban J connectivity index is 2.42. The van der Waals surface area contributed by atoms with Crippen molar-refractivity contribution < 1.29 is 9.84 Å². The fourth-order valence-electron chi connectivity index (χ4n) is 1.20. The van der Waals surface area contributed by atoms with E-state index in [-0.39, 0.29) is 5.88 Å². The molecule has 0 spiro atoms. The van der Waals surface area contributed by atoms with E-state index in [0.29, 0.717) is 0 Å². The molecule has 15 heavy (non-hydrogen) atoms. The maximum Gasteiger partial charge on any atom is 0.222 e. The van der Waals surface area contributed by atoms with Crippen LogP contribution in [-0.4, -0.2) is 17.2 Å². The van der Waals surface area contributed by atoms with E-state index in [1.54, 1.807) is 12.5 Å². The maximum atomic E-state index is 9.15. The molecule has 0 atom stereocenters. The fourth-order valence-corrected chi connectivity index (χ4v) is 2.42. The molecule has 0 saturated carbocycles. The van der Waals surface area contributed by atoms with E-state index in [9.17, 15) is 0 Å². The molecular weight excluding hydrogens is 278 g/mol. The largest absolute Gasteiger partial charge is 0.496 e. The Hall–Kier alpha value is -1.07. The molecule has 1 aromatic carbocycles. The van der Waals surface area contributed by atoms with Gasteiger partial charge in [0.2, 0.25) is 5.88 Å². The third-order valence-electron chi connectivity index (χ3n) is 1.89. The lowest BCUT2D eigenvalue weighted by Gasteiger charge is -2.03. The summed E-state index contributed by atoms with van der Waals surface area (Å²) in [4.78, 5) is 3.99. The number of hydrogen-bond donors (Lipinski definition) is 1. The summed E-state index contributed by atoms with van der Waals surface area (Å²) < 4.78 is 6.00. The average molecular weight is 286 g/mol. The number of nitrogens with zero attached hydrogens (tertiary/aromatic N) is 1. The van der Waals surface area contributed by atoms with Crippen molar-refractivity contribution >= 4 is 27.3 Å². The van der Waals surface area contributed by atoms with Gasteiger partial charge in [-0.05, 0) is 34.1 Å². The van der Waals surface area contributed by atoms with Crippen molar-refractivity contribution in [3.05, 3.63) is 28.1 Å². The molecule has 2 rings (SSSR count). The molecule has 0 amide bonds. The summed E-state index contributed by atoms with van der Waals surface area (Å²) in [5.41, 5.74) is 0.952. The minimum atomic E-state index is 0.0574. The third-order valence-corrected chi connectivity index (χ3v) is 3.39. The van der Waals surface area contributed by atoms with Crippen LogP contribution >= 0.6 is 27.3 Å². The van der Waals surface area contributed by atoms with Crippen molar-refractivity contribution in [2.24, 2.45) is 0 Å².